The highest BCUT2D eigenvalue weighted by Crippen LogP contribution is 2.26. The van der Waals surface area contributed by atoms with Gasteiger partial charge in [0.05, 0.1) is 13.2 Å². The molecule has 0 radical (unpaired) electrons. The van der Waals surface area contributed by atoms with Crippen LogP contribution in [0.1, 0.15) is 24.8 Å². The SMILES string of the molecule is Cc1c(Br)cccc1OCCC1CCCN(CC(=O)O)C1. The largest absolute Gasteiger partial charge is 0.493 e. The van der Waals surface area contributed by atoms with Crippen LogP contribution in [-0.4, -0.2) is 42.2 Å². The van der Waals surface area contributed by atoms with E-state index in [0.717, 1.165) is 48.1 Å². The molecule has 4 nitrogen and oxygen atoms in total. The number of likely N-dealkylation sites (tertiary alicyclic amines) is 1. The van der Waals surface area contributed by atoms with Gasteiger partial charge in [-0.2, -0.15) is 0 Å². The number of rotatable bonds is 6. The van der Waals surface area contributed by atoms with Crippen LogP contribution in [-0.2, 0) is 4.79 Å². The van der Waals surface area contributed by atoms with Gasteiger partial charge in [0.25, 0.3) is 0 Å². The summed E-state index contributed by atoms with van der Waals surface area (Å²) in [5.74, 6) is 0.713. The number of ether oxygens (including phenoxy) is 1. The molecular weight excluding hydrogens is 334 g/mol. The lowest BCUT2D eigenvalue weighted by atomic mass is 9.95. The average Bonchev–Trinajstić information content (AvgIpc) is 2.43. The molecule has 0 spiro atoms. The summed E-state index contributed by atoms with van der Waals surface area (Å²) in [4.78, 5) is 12.8. The van der Waals surface area contributed by atoms with Crippen molar-refractivity contribution < 1.29 is 14.6 Å². The molecule has 0 aromatic heterocycles. The van der Waals surface area contributed by atoms with Gasteiger partial charge in [-0.05, 0) is 50.8 Å². The maximum atomic E-state index is 10.8. The Morgan fingerprint density at radius 1 is 1.52 bits per heavy atom. The summed E-state index contributed by atoms with van der Waals surface area (Å²) in [5.41, 5.74) is 1.12. The zero-order valence-corrected chi connectivity index (χ0v) is 13.9. The standard InChI is InChI=1S/C16H22BrNO3/c1-12-14(17)5-2-6-15(12)21-9-7-13-4-3-8-18(10-13)11-16(19)20/h2,5-6,13H,3-4,7-11H2,1H3,(H,19,20). The molecule has 1 aromatic carbocycles. The van der Waals surface area contributed by atoms with Crippen molar-refractivity contribution in [2.24, 2.45) is 5.92 Å². The van der Waals surface area contributed by atoms with Crippen LogP contribution in [0.15, 0.2) is 22.7 Å². The van der Waals surface area contributed by atoms with Crippen molar-refractivity contribution >= 4 is 21.9 Å². The van der Waals surface area contributed by atoms with Gasteiger partial charge in [0.1, 0.15) is 5.75 Å². The van der Waals surface area contributed by atoms with E-state index < -0.39 is 5.97 Å². The second-order valence-electron chi connectivity index (χ2n) is 5.64. The van der Waals surface area contributed by atoms with Crippen LogP contribution in [0, 0.1) is 12.8 Å². The molecule has 1 aromatic rings. The topological polar surface area (TPSA) is 49.8 Å². The van der Waals surface area contributed by atoms with Gasteiger partial charge in [-0.1, -0.05) is 22.0 Å². The smallest absolute Gasteiger partial charge is 0.317 e. The highest BCUT2D eigenvalue weighted by Gasteiger charge is 2.21. The molecule has 0 bridgehead atoms. The predicted molar refractivity (Wildman–Crippen MR) is 85.8 cm³/mol. The summed E-state index contributed by atoms with van der Waals surface area (Å²) in [7, 11) is 0. The first-order valence-corrected chi connectivity index (χ1v) is 8.17. The lowest BCUT2D eigenvalue weighted by molar-refractivity contribution is -0.138. The van der Waals surface area contributed by atoms with Crippen molar-refractivity contribution in [2.45, 2.75) is 26.2 Å². The Kier molecular flexibility index (Phi) is 6.06. The first-order valence-electron chi connectivity index (χ1n) is 7.38. The van der Waals surface area contributed by atoms with Crippen LogP contribution in [0.3, 0.4) is 0 Å². The molecule has 5 heteroatoms. The summed E-state index contributed by atoms with van der Waals surface area (Å²) < 4.78 is 6.93. The fraction of sp³-hybridized carbons (Fsp3) is 0.562. The van der Waals surface area contributed by atoms with Crippen molar-refractivity contribution in [3.63, 3.8) is 0 Å². The van der Waals surface area contributed by atoms with Gasteiger partial charge in [-0.3, -0.25) is 9.69 Å². The van der Waals surface area contributed by atoms with Crippen LogP contribution in [0.5, 0.6) is 5.75 Å². The second kappa shape index (κ2) is 7.80. The highest BCUT2D eigenvalue weighted by atomic mass is 79.9. The Balaban J connectivity index is 1.78. The first-order chi connectivity index (χ1) is 10.1. The molecule has 1 saturated heterocycles. The molecule has 2 rings (SSSR count). The van der Waals surface area contributed by atoms with Crippen LogP contribution in [0.4, 0.5) is 0 Å². The number of nitrogens with zero attached hydrogens (tertiary/aromatic N) is 1. The minimum Gasteiger partial charge on any atom is -0.493 e. The van der Waals surface area contributed by atoms with Crippen LogP contribution in [0.2, 0.25) is 0 Å². The molecule has 1 aliphatic rings. The third-order valence-corrected chi connectivity index (χ3v) is 4.82. The quantitative estimate of drug-likeness (QED) is 0.850. The normalized spacial score (nSPS) is 19.4. The minimum absolute atomic E-state index is 0.155. The van der Waals surface area contributed by atoms with Crippen LogP contribution < -0.4 is 4.74 Å². The first kappa shape index (κ1) is 16.3. The van der Waals surface area contributed by atoms with E-state index in [1.807, 2.05) is 30.0 Å². The number of piperidine rings is 1. The van der Waals surface area contributed by atoms with Gasteiger partial charge in [0.2, 0.25) is 0 Å². The van der Waals surface area contributed by atoms with Gasteiger partial charge < -0.3 is 9.84 Å². The van der Waals surface area contributed by atoms with E-state index in [2.05, 4.69) is 15.9 Å². The van der Waals surface area contributed by atoms with E-state index in [9.17, 15) is 4.79 Å². The Bertz CT molecular complexity index is 492. The zero-order valence-electron chi connectivity index (χ0n) is 12.3. The van der Waals surface area contributed by atoms with E-state index in [1.54, 1.807) is 0 Å². The number of benzene rings is 1. The highest BCUT2D eigenvalue weighted by molar-refractivity contribution is 9.10. The second-order valence-corrected chi connectivity index (χ2v) is 6.49. The maximum Gasteiger partial charge on any atom is 0.317 e. The Hall–Kier alpha value is -1.07. The molecule has 1 aliphatic heterocycles. The van der Waals surface area contributed by atoms with Crippen LogP contribution in [0.25, 0.3) is 0 Å². The Morgan fingerprint density at radius 3 is 3.10 bits per heavy atom. The van der Waals surface area contributed by atoms with Crippen molar-refractivity contribution in [2.75, 3.05) is 26.2 Å². The maximum absolute atomic E-state index is 10.8. The van der Waals surface area contributed by atoms with E-state index >= 15 is 0 Å². The summed E-state index contributed by atoms with van der Waals surface area (Å²) >= 11 is 3.50. The Morgan fingerprint density at radius 2 is 2.33 bits per heavy atom. The third-order valence-electron chi connectivity index (χ3n) is 3.96. The number of halogens is 1. The fourth-order valence-electron chi connectivity index (χ4n) is 2.80. The Labute approximate surface area is 134 Å². The number of hydrogen-bond acceptors (Lipinski definition) is 3. The predicted octanol–water partition coefficient (Wildman–Crippen LogP) is 3.32. The molecular formula is C16H22BrNO3. The summed E-state index contributed by atoms with van der Waals surface area (Å²) in [5, 5.41) is 8.86. The lowest BCUT2D eigenvalue weighted by Crippen LogP contribution is -2.39. The summed E-state index contributed by atoms with van der Waals surface area (Å²) in [6.07, 6.45) is 3.22. The molecule has 21 heavy (non-hydrogen) atoms. The zero-order chi connectivity index (χ0) is 15.2. The van der Waals surface area contributed by atoms with E-state index in [-0.39, 0.29) is 6.54 Å². The number of carboxylic acids is 1. The molecule has 0 amide bonds. The monoisotopic (exact) mass is 355 g/mol. The van der Waals surface area contributed by atoms with Gasteiger partial charge in [-0.15, -0.1) is 0 Å². The van der Waals surface area contributed by atoms with Gasteiger partial charge in [0, 0.05) is 16.6 Å². The number of hydrogen-bond donors (Lipinski definition) is 1. The molecule has 1 fully saturated rings. The van der Waals surface area contributed by atoms with Gasteiger partial charge in [0.15, 0.2) is 0 Å². The molecule has 1 atom stereocenters. The fourth-order valence-corrected chi connectivity index (χ4v) is 3.15. The van der Waals surface area contributed by atoms with Crippen LogP contribution >= 0.6 is 15.9 Å². The van der Waals surface area contributed by atoms with Crippen molar-refractivity contribution in [3.8, 4) is 5.75 Å². The summed E-state index contributed by atoms with van der Waals surface area (Å²) in [6.45, 7) is 4.64. The molecule has 0 aliphatic carbocycles. The van der Waals surface area contributed by atoms with Gasteiger partial charge in [-0.25, -0.2) is 0 Å². The van der Waals surface area contributed by atoms with E-state index in [0.29, 0.717) is 12.5 Å². The lowest BCUT2D eigenvalue weighted by Gasteiger charge is -2.31. The average molecular weight is 356 g/mol. The van der Waals surface area contributed by atoms with Crippen molar-refractivity contribution in [1.82, 2.24) is 4.90 Å². The van der Waals surface area contributed by atoms with E-state index in [4.69, 9.17) is 9.84 Å². The number of carbonyl (C=O) groups is 1. The molecule has 1 unspecified atom stereocenters. The van der Waals surface area contributed by atoms with Crippen molar-refractivity contribution in [3.05, 3.63) is 28.2 Å². The van der Waals surface area contributed by atoms with Gasteiger partial charge >= 0.3 is 5.97 Å². The van der Waals surface area contributed by atoms with Crippen molar-refractivity contribution in [1.29, 1.82) is 0 Å². The minimum atomic E-state index is -0.739. The van der Waals surface area contributed by atoms with E-state index in [1.165, 1.54) is 0 Å². The molecule has 0 saturated carbocycles. The molecule has 1 N–H and O–H groups in total. The number of aliphatic carboxylic acids is 1. The number of carboxylic acid groups (broad SMARTS) is 1. The third kappa shape index (κ3) is 5.00. The molecule has 116 valence electrons. The summed E-state index contributed by atoms with van der Waals surface area (Å²) in [6, 6.07) is 5.96. The molecule has 1 heterocycles.